The Kier molecular flexibility index (Phi) is 7.33. The maximum atomic E-state index is 14.4. The first kappa shape index (κ1) is 25.0. The summed E-state index contributed by atoms with van der Waals surface area (Å²) in [6, 6.07) is 13.1. The fourth-order valence-corrected chi connectivity index (χ4v) is 3.66. The lowest BCUT2D eigenvalue weighted by molar-refractivity contribution is -0.137. The normalized spacial score (nSPS) is 14.2. The van der Waals surface area contributed by atoms with E-state index in [0.29, 0.717) is 11.6 Å². The number of benzene rings is 2. The van der Waals surface area contributed by atoms with Gasteiger partial charge in [-0.05, 0) is 41.5 Å². The summed E-state index contributed by atoms with van der Waals surface area (Å²) in [6.45, 7) is -0.640. The fourth-order valence-electron chi connectivity index (χ4n) is 3.54. The van der Waals surface area contributed by atoms with Gasteiger partial charge in [0.1, 0.15) is 5.82 Å². The zero-order valence-electron chi connectivity index (χ0n) is 16.9. The molecule has 1 atom stereocenters. The summed E-state index contributed by atoms with van der Waals surface area (Å²) in [5.74, 6) is -1.18. The van der Waals surface area contributed by atoms with Crippen molar-refractivity contribution in [3.8, 4) is 0 Å². The summed E-state index contributed by atoms with van der Waals surface area (Å²) in [4.78, 5) is 4.18. The lowest BCUT2D eigenvalue weighted by Crippen LogP contribution is -2.47. The molecule has 0 unspecified atom stereocenters. The van der Waals surface area contributed by atoms with Gasteiger partial charge in [0.05, 0.1) is 28.2 Å². The molecule has 0 saturated heterocycles. The van der Waals surface area contributed by atoms with E-state index in [1.54, 1.807) is 30.3 Å². The van der Waals surface area contributed by atoms with E-state index in [1.807, 2.05) is 0 Å². The van der Waals surface area contributed by atoms with Gasteiger partial charge in [0.2, 0.25) is 0 Å². The molecule has 0 amide bonds. The van der Waals surface area contributed by atoms with Crippen molar-refractivity contribution in [2.75, 3.05) is 6.54 Å². The molecule has 1 N–H and O–H groups in total. The molecule has 0 fully saturated rings. The first-order valence-corrected chi connectivity index (χ1v) is 10.1. The van der Waals surface area contributed by atoms with Crippen molar-refractivity contribution in [1.29, 1.82) is 0 Å². The summed E-state index contributed by atoms with van der Waals surface area (Å²) in [5.41, 5.74) is -2.50. The Labute approximate surface area is 190 Å². The van der Waals surface area contributed by atoms with E-state index in [0.717, 1.165) is 12.1 Å². The summed E-state index contributed by atoms with van der Waals surface area (Å²) < 4.78 is 93.5. The highest BCUT2D eigenvalue weighted by molar-refractivity contribution is 6.30. The van der Waals surface area contributed by atoms with Crippen LogP contribution in [0.1, 0.15) is 28.8 Å². The molecule has 1 heterocycles. The summed E-state index contributed by atoms with van der Waals surface area (Å²) in [7, 11) is 0. The second-order valence-corrected chi connectivity index (χ2v) is 7.88. The SMILES string of the molecule is Fc1cc(C(F)(F)F)cc([C@](Cc2ccccc2)(NCCC(F)(F)F)c2ccc(Cl)cn2)c1. The minimum atomic E-state index is -4.87. The van der Waals surface area contributed by atoms with Crippen molar-refractivity contribution in [3.63, 3.8) is 0 Å². The van der Waals surface area contributed by atoms with E-state index in [1.165, 1.54) is 18.3 Å². The van der Waals surface area contributed by atoms with Crippen molar-refractivity contribution in [3.05, 3.63) is 100 Å². The third kappa shape index (κ3) is 6.45. The molecule has 0 aliphatic heterocycles. The van der Waals surface area contributed by atoms with Gasteiger partial charge < -0.3 is 5.32 Å². The van der Waals surface area contributed by atoms with Crippen LogP contribution in [0.5, 0.6) is 0 Å². The fraction of sp³-hybridized carbons (Fsp3) is 0.261. The molecule has 0 aliphatic rings. The van der Waals surface area contributed by atoms with Crippen LogP contribution in [0.15, 0.2) is 66.9 Å². The number of hydrogen-bond donors (Lipinski definition) is 1. The van der Waals surface area contributed by atoms with Crippen LogP contribution >= 0.6 is 11.6 Å². The first-order chi connectivity index (χ1) is 15.4. The second kappa shape index (κ2) is 9.69. The molecule has 0 saturated carbocycles. The number of nitrogens with zero attached hydrogens (tertiary/aromatic N) is 1. The van der Waals surface area contributed by atoms with Crippen LogP contribution < -0.4 is 5.32 Å². The van der Waals surface area contributed by atoms with Crippen LogP contribution in [0.3, 0.4) is 0 Å². The predicted octanol–water partition coefficient (Wildman–Crippen LogP) is 6.92. The maximum absolute atomic E-state index is 14.4. The topological polar surface area (TPSA) is 24.9 Å². The number of aromatic nitrogens is 1. The van der Waals surface area contributed by atoms with Gasteiger partial charge in [0, 0.05) is 19.2 Å². The zero-order valence-corrected chi connectivity index (χ0v) is 17.7. The first-order valence-electron chi connectivity index (χ1n) is 9.75. The van der Waals surface area contributed by atoms with Crippen LogP contribution in [-0.4, -0.2) is 17.7 Å². The van der Waals surface area contributed by atoms with Gasteiger partial charge in [-0.3, -0.25) is 4.98 Å². The monoisotopic (exact) mass is 490 g/mol. The Hall–Kier alpha value is -2.65. The van der Waals surface area contributed by atoms with Crippen molar-refractivity contribution < 1.29 is 30.7 Å². The van der Waals surface area contributed by atoms with E-state index >= 15 is 0 Å². The van der Waals surface area contributed by atoms with Gasteiger partial charge in [-0.2, -0.15) is 26.3 Å². The van der Waals surface area contributed by atoms with Crippen molar-refractivity contribution in [2.45, 2.75) is 30.7 Å². The molecule has 3 rings (SSSR count). The quantitative estimate of drug-likeness (QED) is 0.364. The lowest BCUT2D eigenvalue weighted by Gasteiger charge is -2.36. The highest BCUT2D eigenvalue weighted by Gasteiger charge is 2.40. The second-order valence-electron chi connectivity index (χ2n) is 7.45. The summed E-state index contributed by atoms with van der Waals surface area (Å²) in [6.07, 6.45) is -9.50. The van der Waals surface area contributed by atoms with Gasteiger partial charge in [0.25, 0.3) is 0 Å². The van der Waals surface area contributed by atoms with Gasteiger partial charge in [-0.15, -0.1) is 0 Å². The van der Waals surface area contributed by atoms with E-state index in [9.17, 15) is 30.7 Å². The minimum Gasteiger partial charge on any atom is -0.302 e. The number of halogens is 8. The Morgan fingerprint density at radius 1 is 0.848 bits per heavy atom. The molecule has 0 aliphatic carbocycles. The largest absolute Gasteiger partial charge is 0.416 e. The molecule has 0 radical (unpaired) electrons. The van der Waals surface area contributed by atoms with Gasteiger partial charge in [-0.25, -0.2) is 4.39 Å². The van der Waals surface area contributed by atoms with Crippen LogP contribution in [0.4, 0.5) is 30.7 Å². The number of rotatable bonds is 7. The number of alkyl halides is 6. The number of pyridine rings is 1. The highest BCUT2D eigenvalue weighted by Crippen LogP contribution is 2.38. The van der Waals surface area contributed by atoms with Gasteiger partial charge in [-0.1, -0.05) is 41.9 Å². The predicted molar refractivity (Wildman–Crippen MR) is 110 cm³/mol. The van der Waals surface area contributed by atoms with Crippen molar-refractivity contribution in [2.24, 2.45) is 0 Å². The molecule has 33 heavy (non-hydrogen) atoms. The smallest absolute Gasteiger partial charge is 0.302 e. The number of hydrogen-bond acceptors (Lipinski definition) is 2. The lowest BCUT2D eigenvalue weighted by atomic mass is 9.79. The van der Waals surface area contributed by atoms with Crippen LogP contribution in [-0.2, 0) is 18.1 Å². The van der Waals surface area contributed by atoms with Crippen LogP contribution in [0.25, 0.3) is 0 Å². The van der Waals surface area contributed by atoms with Crippen molar-refractivity contribution in [1.82, 2.24) is 10.3 Å². The zero-order chi connectivity index (χ0) is 24.3. The van der Waals surface area contributed by atoms with Crippen LogP contribution in [0, 0.1) is 5.82 Å². The standard InChI is InChI=1S/C23H18ClF7N2/c24-18-6-7-20(32-14-18)21(33-9-8-22(26,27)28,13-15-4-2-1-3-5-15)16-10-17(23(29,30)31)12-19(25)11-16/h1-7,10-12,14,33H,8-9,13H2/t21-/m0/s1. The Morgan fingerprint density at radius 3 is 2.09 bits per heavy atom. The third-order valence-corrected chi connectivity index (χ3v) is 5.25. The molecule has 3 aromatic rings. The Balaban J connectivity index is 2.23. The molecular formula is C23H18ClF7N2. The molecule has 2 aromatic carbocycles. The minimum absolute atomic E-state index is 0.0941. The van der Waals surface area contributed by atoms with Gasteiger partial charge in [0.15, 0.2) is 0 Å². The Morgan fingerprint density at radius 2 is 1.52 bits per heavy atom. The van der Waals surface area contributed by atoms with E-state index < -0.39 is 42.2 Å². The molecule has 0 spiro atoms. The highest BCUT2D eigenvalue weighted by atomic mass is 35.5. The molecule has 0 bridgehead atoms. The van der Waals surface area contributed by atoms with Gasteiger partial charge >= 0.3 is 12.4 Å². The maximum Gasteiger partial charge on any atom is 0.416 e. The van der Waals surface area contributed by atoms with E-state index in [4.69, 9.17) is 11.6 Å². The van der Waals surface area contributed by atoms with E-state index in [-0.39, 0.29) is 22.7 Å². The molecule has 2 nitrogen and oxygen atoms in total. The van der Waals surface area contributed by atoms with E-state index in [2.05, 4.69) is 10.3 Å². The summed E-state index contributed by atoms with van der Waals surface area (Å²) >= 11 is 5.90. The summed E-state index contributed by atoms with van der Waals surface area (Å²) in [5, 5.41) is 2.96. The Bertz CT molecular complexity index is 1070. The average molecular weight is 491 g/mol. The van der Waals surface area contributed by atoms with Crippen LogP contribution in [0.2, 0.25) is 5.02 Å². The molecule has 1 aromatic heterocycles. The molecule has 10 heteroatoms. The molecular weight excluding hydrogens is 473 g/mol. The molecule has 176 valence electrons. The number of nitrogens with one attached hydrogen (secondary N) is 1. The van der Waals surface area contributed by atoms with Crippen molar-refractivity contribution >= 4 is 11.6 Å². The average Bonchev–Trinajstić information content (AvgIpc) is 2.72. The third-order valence-electron chi connectivity index (χ3n) is 5.03.